The molecule has 4 aliphatic rings. The molecule has 2 aromatic heterocycles. The van der Waals surface area contributed by atoms with Crippen LogP contribution in [0.4, 0.5) is 5.82 Å². The van der Waals surface area contributed by atoms with E-state index in [0.29, 0.717) is 18.8 Å². The van der Waals surface area contributed by atoms with E-state index in [0.717, 1.165) is 36.2 Å². The monoisotopic (exact) mass is 413 g/mol. The summed E-state index contributed by atoms with van der Waals surface area (Å²) in [6, 6.07) is 4.13. The number of H-pyrrole nitrogens is 1. The van der Waals surface area contributed by atoms with E-state index in [1.54, 1.807) is 0 Å². The number of aliphatic imine (C=N–C) groups is 1. The Labute approximate surface area is 169 Å². The van der Waals surface area contributed by atoms with Crippen LogP contribution in [-0.4, -0.2) is 52.6 Å². The fourth-order valence-electron chi connectivity index (χ4n) is 5.29. The Hall–Kier alpha value is -2.48. The molecule has 0 amide bonds. The first-order chi connectivity index (χ1) is 13.8. The van der Waals surface area contributed by atoms with Gasteiger partial charge in [0.25, 0.3) is 10.2 Å². The summed E-state index contributed by atoms with van der Waals surface area (Å²) in [5.41, 5.74) is 2.36. The normalized spacial score (nSPS) is 31.1. The number of nitriles is 1. The van der Waals surface area contributed by atoms with Crippen LogP contribution in [-0.2, 0) is 15.7 Å². The molecule has 2 aromatic rings. The molecular weight excluding hydrogens is 390 g/mol. The number of hydrogen-bond donors (Lipinski definition) is 2. The molecule has 0 radical (unpaired) electrons. The molecule has 9 nitrogen and oxygen atoms in total. The lowest BCUT2D eigenvalue weighted by Gasteiger charge is -2.70. The topological polar surface area (TPSA) is 119 Å². The Bertz CT molecular complexity index is 1120. The lowest BCUT2D eigenvalue weighted by Crippen LogP contribution is -2.79. The molecule has 3 aliphatic carbocycles. The van der Waals surface area contributed by atoms with Crippen LogP contribution in [0.5, 0.6) is 0 Å². The van der Waals surface area contributed by atoms with Gasteiger partial charge in [-0.2, -0.15) is 22.7 Å². The van der Waals surface area contributed by atoms with E-state index in [1.807, 2.05) is 25.5 Å². The molecule has 3 saturated carbocycles. The van der Waals surface area contributed by atoms with Crippen LogP contribution in [0, 0.1) is 24.2 Å². The van der Waals surface area contributed by atoms with Crippen LogP contribution in [0.1, 0.15) is 31.4 Å². The molecule has 0 spiro atoms. The minimum Gasteiger partial charge on any atom is -0.346 e. The SMILES string of the molecule is C=Nc1[nH]ccc1-c1c(C)ncn1C12CC(NS(=O)(=O)N3CCC(C#N)C3)(C1)C2. The van der Waals surface area contributed by atoms with Crippen molar-refractivity contribution in [1.29, 1.82) is 5.26 Å². The Morgan fingerprint density at radius 1 is 1.45 bits per heavy atom. The molecule has 2 N–H and O–H groups in total. The Morgan fingerprint density at radius 2 is 2.21 bits per heavy atom. The predicted octanol–water partition coefficient (Wildman–Crippen LogP) is 1.83. The van der Waals surface area contributed by atoms with Gasteiger partial charge in [-0.05, 0) is 45.4 Å². The van der Waals surface area contributed by atoms with Crippen molar-refractivity contribution < 1.29 is 8.42 Å². The van der Waals surface area contributed by atoms with E-state index in [-0.39, 0.29) is 18.0 Å². The molecule has 1 unspecified atom stereocenters. The van der Waals surface area contributed by atoms with E-state index in [1.165, 1.54) is 4.31 Å². The predicted molar refractivity (Wildman–Crippen MR) is 108 cm³/mol. The van der Waals surface area contributed by atoms with Crippen molar-refractivity contribution in [2.75, 3.05) is 13.1 Å². The molecule has 10 heteroatoms. The number of rotatable bonds is 6. The lowest BCUT2D eigenvalue weighted by atomic mass is 9.44. The molecule has 1 aliphatic heterocycles. The van der Waals surface area contributed by atoms with Crippen molar-refractivity contribution in [2.24, 2.45) is 10.9 Å². The highest BCUT2D eigenvalue weighted by Crippen LogP contribution is 2.66. The van der Waals surface area contributed by atoms with Crippen LogP contribution in [0.15, 0.2) is 23.6 Å². The van der Waals surface area contributed by atoms with E-state index >= 15 is 0 Å². The molecule has 2 bridgehead atoms. The minimum absolute atomic E-state index is 0.116. The van der Waals surface area contributed by atoms with Gasteiger partial charge < -0.3 is 9.55 Å². The van der Waals surface area contributed by atoms with Crippen molar-refractivity contribution in [3.8, 4) is 17.3 Å². The Balaban J connectivity index is 1.35. The molecule has 3 heterocycles. The summed E-state index contributed by atoms with van der Waals surface area (Å²) in [5, 5.41) is 9.04. The summed E-state index contributed by atoms with van der Waals surface area (Å²) in [6.07, 6.45) is 6.48. The van der Waals surface area contributed by atoms with Gasteiger partial charge in [0.15, 0.2) is 0 Å². The average Bonchev–Trinajstić information content (AvgIpc) is 3.35. The quantitative estimate of drug-likeness (QED) is 0.702. The van der Waals surface area contributed by atoms with Crippen molar-refractivity contribution in [1.82, 2.24) is 23.6 Å². The van der Waals surface area contributed by atoms with E-state index in [4.69, 9.17) is 5.26 Å². The summed E-state index contributed by atoms with van der Waals surface area (Å²) in [6.45, 7) is 6.28. The third-order valence-corrected chi connectivity index (χ3v) is 8.32. The van der Waals surface area contributed by atoms with Crippen molar-refractivity contribution in [3.05, 3.63) is 24.3 Å². The Kier molecular flexibility index (Phi) is 3.84. The third kappa shape index (κ3) is 2.61. The van der Waals surface area contributed by atoms with Gasteiger partial charge in [0, 0.05) is 30.4 Å². The maximum absolute atomic E-state index is 12.8. The summed E-state index contributed by atoms with van der Waals surface area (Å²) in [7, 11) is -3.57. The van der Waals surface area contributed by atoms with Gasteiger partial charge in [0.05, 0.1) is 35.2 Å². The van der Waals surface area contributed by atoms with Crippen LogP contribution in [0.3, 0.4) is 0 Å². The highest BCUT2D eigenvalue weighted by Gasteiger charge is 2.71. The largest absolute Gasteiger partial charge is 0.346 e. The highest BCUT2D eigenvalue weighted by atomic mass is 32.2. The number of aryl methyl sites for hydroxylation is 1. The molecule has 4 fully saturated rings. The van der Waals surface area contributed by atoms with Gasteiger partial charge in [0.2, 0.25) is 0 Å². The second-order valence-electron chi connectivity index (χ2n) is 8.56. The zero-order valence-corrected chi connectivity index (χ0v) is 17.0. The fraction of sp³-hybridized carbons (Fsp3) is 0.526. The van der Waals surface area contributed by atoms with Gasteiger partial charge >= 0.3 is 0 Å². The first-order valence-electron chi connectivity index (χ1n) is 9.69. The molecule has 29 heavy (non-hydrogen) atoms. The van der Waals surface area contributed by atoms with Crippen molar-refractivity contribution >= 4 is 22.7 Å². The maximum atomic E-state index is 12.8. The average molecular weight is 414 g/mol. The summed E-state index contributed by atoms with van der Waals surface area (Å²) in [5.74, 6) is 0.495. The molecule has 1 atom stereocenters. The van der Waals surface area contributed by atoms with Gasteiger partial charge in [-0.3, -0.25) is 0 Å². The van der Waals surface area contributed by atoms with E-state index in [2.05, 4.69) is 37.0 Å². The molecule has 1 saturated heterocycles. The van der Waals surface area contributed by atoms with Crippen LogP contribution < -0.4 is 4.72 Å². The lowest BCUT2D eigenvalue weighted by molar-refractivity contribution is -0.125. The van der Waals surface area contributed by atoms with Gasteiger partial charge in [-0.1, -0.05) is 0 Å². The van der Waals surface area contributed by atoms with Gasteiger partial charge in [-0.15, -0.1) is 0 Å². The zero-order chi connectivity index (χ0) is 20.4. The van der Waals surface area contributed by atoms with E-state index in [9.17, 15) is 8.42 Å². The summed E-state index contributed by atoms with van der Waals surface area (Å²) < 4.78 is 32.0. The number of aromatic amines is 1. The standard InChI is InChI=1S/C19H23N7O2S/c1-13-16(15-3-5-22-17(15)21-2)26(12-23-13)19-9-18(10-19,11-19)24-29(27,28)25-6-4-14(7-20)8-25/h3,5,12,14,22,24H,2,4,6,8-11H2,1H3. The van der Waals surface area contributed by atoms with Gasteiger partial charge in [-0.25, -0.2) is 9.98 Å². The minimum atomic E-state index is -3.57. The number of aromatic nitrogens is 3. The summed E-state index contributed by atoms with van der Waals surface area (Å²) >= 11 is 0. The number of nitrogens with zero attached hydrogens (tertiary/aromatic N) is 5. The molecule has 0 aromatic carbocycles. The second kappa shape index (κ2) is 6.01. The van der Waals surface area contributed by atoms with Crippen LogP contribution in [0.25, 0.3) is 11.3 Å². The second-order valence-corrected chi connectivity index (χ2v) is 10.2. The van der Waals surface area contributed by atoms with E-state index < -0.39 is 15.7 Å². The molecule has 6 rings (SSSR count). The summed E-state index contributed by atoms with van der Waals surface area (Å²) in [4.78, 5) is 11.7. The first kappa shape index (κ1) is 18.5. The number of imidazole rings is 1. The van der Waals surface area contributed by atoms with Crippen molar-refractivity contribution in [2.45, 2.75) is 43.7 Å². The van der Waals surface area contributed by atoms with Gasteiger partial charge in [0.1, 0.15) is 5.82 Å². The number of nitrogens with one attached hydrogen (secondary N) is 2. The van der Waals surface area contributed by atoms with Crippen molar-refractivity contribution in [3.63, 3.8) is 0 Å². The maximum Gasteiger partial charge on any atom is 0.279 e. The van der Waals surface area contributed by atoms with Crippen LogP contribution in [0.2, 0.25) is 0 Å². The number of hydrogen-bond acceptors (Lipinski definition) is 5. The zero-order valence-electron chi connectivity index (χ0n) is 16.2. The fourth-order valence-corrected chi connectivity index (χ4v) is 6.91. The third-order valence-electron chi connectivity index (χ3n) is 6.62. The van der Waals surface area contributed by atoms with Crippen LogP contribution >= 0.6 is 0 Å². The molecular formula is C19H23N7O2S. The Morgan fingerprint density at radius 3 is 2.86 bits per heavy atom. The first-order valence-corrected chi connectivity index (χ1v) is 11.1. The highest BCUT2D eigenvalue weighted by molar-refractivity contribution is 7.87. The smallest absolute Gasteiger partial charge is 0.279 e. The molecule has 152 valence electrons.